The Morgan fingerprint density at radius 1 is 1.00 bits per heavy atom. The second-order valence-electron chi connectivity index (χ2n) is 8.35. The van der Waals surface area contributed by atoms with E-state index < -0.39 is 6.10 Å². The highest BCUT2D eigenvalue weighted by Gasteiger charge is 2.33. The maximum Gasteiger partial charge on any atom is 0.254 e. The van der Waals surface area contributed by atoms with Crippen LogP contribution in [0, 0.1) is 0 Å². The number of carbonyl (C=O) groups excluding carboxylic acids is 1. The molecule has 6 heteroatoms. The first kappa shape index (κ1) is 18.5. The first-order valence-corrected chi connectivity index (χ1v) is 10.5. The van der Waals surface area contributed by atoms with Crippen LogP contribution in [-0.2, 0) is 0 Å². The van der Waals surface area contributed by atoms with E-state index in [0.29, 0.717) is 31.1 Å². The van der Waals surface area contributed by atoms with Gasteiger partial charge in [0.25, 0.3) is 5.91 Å². The van der Waals surface area contributed by atoms with Crippen LogP contribution in [0.25, 0.3) is 0 Å². The summed E-state index contributed by atoms with van der Waals surface area (Å²) in [7, 11) is 2.17. The lowest BCUT2D eigenvalue weighted by molar-refractivity contribution is 0.0764. The SMILES string of the molecule is CN1CCC(N2c3ccccc3Oc3cc(C(=O)N4CC[C@H](O)C4)ccc32)CC1. The molecule has 2 aromatic carbocycles. The van der Waals surface area contributed by atoms with Gasteiger partial charge >= 0.3 is 0 Å². The van der Waals surface area contributed by atoms with E-state index in [0.717, 1.165) is 48.8 Å². The Balaban J connectivity index is 1.49. The second kappa shape index (κ2) is 7.35. The number of amides is 1. The van der Waals surface area contributed by atoms with Crippen molar-refractivity contribution in [2.45, 2.75) is 31.4 Å². The molecule has 29 heavy (non-hydrogen) atoms. The van der Waals surface area contributed by atoms with Gasteiger partial charge in [0.05, 0.1) is 17.5 Å². The molecule has 3 aliphatic heterocycles. The number of β-amino-alcohol motifs (C(OH)–C–C–N with tert-alkyl or cyclic N) is 1. The molecule has 2 fully saturated rings. The third-order valence-electron chi connectivity index (χ3n) is 6.31. The Morgan fingerprint density at radius 2 is 1.76 bits per heavy atom. The van der Waals surface area contributed by atoms with Gasteiger partial charge in [-0.15, -0.1) is 0 Å². The van der Waals surface area contributed by atoms with E-state index >= 15 is 0 Å². The molecule has 2 saturated heterocycles. The molecule has 0 aromatic heterocycles. The summed E-state index contributed by atoms with van der Waals surface area (Å²) in [6.07, 6.45) is 2.41. The van der Waals surface area contributed by atoms with Gasteiger partial charge in [-0.3, -0.25) is 4.79 Å². The average molecular weight is 393 g/mol. The summed E-state index contributed by atoms with van der Waals surface area (Å²) in [4.78, 5) is 19.4. The molecule has 3 heterocycles. The van der Waals surface area contributed by atoms with E-state index in [1.165, 1.54) is 0 Å². The number of anilines is 2. The van der Waals surface area contributed by atoms with Crippen LogP contribution in [0.15, 0.2) is 42.5 Å². The number of benzene rings is 2. The molecule has 1 amide bonds. The Hall–Kier alpha value is -2.57. The van der Waals surface area contributed by atoms with Crippen molar-refractivity contribution in [1.82, 2.24) is 9.80 Å². The van der Waals surface area contributed by atoms with E-state index in [-0.39, 0.29) is 5.91 Å². The van der Waals surface area contributed by atoms with Gasteiger partial charge < -0.3 is 24.5 Å². The number of rotatable bonds is 2. The number of ether oxygens (including phenoxy) is 1. The summed E-state index contributed by atoms with van der Waals surface area (Å²) >= 11 is 0. The fraction of sp³-hybridized carbons (Fsp3) is 0.435. The van der Waals surface area contributed by atoms with Crippen LogP contribution in [-0.4, -0.2) is 66.2 Å². The molecule has 2 aromatic rings. The number of aliphatic hydroxyl groups excluding tert-OH is 1. The van der Waals surface area contributed by atoms with Gasteiger partial charge in [-0.25, -0.2) is 0 Å². The van der Waals surface area contributed by atoms with Gasteiger partial charge in [-0.2, -0.15) is 0 Å². The van der Waals surface area contributed by atoms with Gasteiger partial charge in [0, 0.05) is 24.7 Å². The molecular formula is C23H27N3O3. The molecule has 0 unspecified atom stereocenters. The first-order chi connectivity index (χ1) is 14.1. The predicted molar refractivity (Wildman–Crippen MR) is 112 cm³/mol. The number of likely N-dealkylation sites (tertiary alicyclic amines) is 2. The van der Waals surface area contributed by atoms with E-state index in [9.17, 15) is 9.90 Å². The number of piperidine rings is 1. The lowest BCUT2D eigenvalue weighted by Gasteiger charge is -2.42. The topological polar surface area (TPSA) is 56.2 Å². The Morgan fingerprint density at radius 3 is 2.52 bits per heavy atom. The Kier molecular flexibility index (Phi) is 4.68. The monoisotopic (exact) mass is 393 g/mol. The van der Waals surface area contributed by atoms with Crippen molar-refractivity contribution in [2.24, 2.45) is 0 Å². The van der Waals surface area contributed by atoms with E-state index in [2.05, 4.69) is 22.9 Å². The van der Waals surface area contributed by atoms with Crippen molar-refractivity contribution < 1.29 is 14.6 Å². The second-order valence-corrected chi connectivity index (χ2v) is 8.35. The van der Waals surface area contributed by atoms with Gasteiger partial charge in [-0.1, -0.05) is 12.1 Å². The number of aliphatic hydroxyl groups is 1. The van der Waals surface area contributed by atoms with Gasteiger partial charge in [-0.05, 0) is 69.7 Å². The minimum Gasteiger partial charge on any atom is -0.453 e. The molecule has 152 valence electrons. The number of hydrogen-bond donors (Lipinski definition) is 1. The van der Waals surface area contributed by atoms with Gasteiger partial charge in [0.15, 0.2) is 11.5 Å². The zero-order valence-corrected chi connectivity index (χ0v) is 16.8. The normalized spacial score (nSPS) is 22.2. The van der Waals surface area contributed by atoms with Crippen molar-refractivity contribution in [3.05, 3.63) is 48.0 Å². The molecule has 1 N–H and O–H groups in total. The highest BCUT2D eigenvalue weighted by atomic mass is 16.5. The van der Waals surface area contributed by atoms with Crippen LogP contribution in [0.1, 0.15) is 29.6 Å². The molecule has 5 rings (SSSR count). The van der Waals surface area contributed by atoms with Crippen molar-refractivity contribution in [3.63, 3.8) is 0 Å². The van der Waals surface area contributed by atoms with Crippen molar-refractivity contribution in [1.29, 1.82) is 0 Å². The Labute approximate surface area is 171 Å². The molecule has 0 spiro atoms. The summed E-state index contributed by atoms with van der Waals surface area (Å²) in [6, 6.07) is 14.3. The predicted octanol–water partition coefficient (Wildman–Crippen LogP) is 3.23. The first-order valence-electron chi connectivity index (χ1n) is 10.5. The number of fused-ring (bicyclic) bond motifs is 2. The third-order valence-corrected chi connectivity index (χ3v) is 6.31. The van der Waals surface area contributed by atoms with E-state index in [1.54, 1.807) is 4.90 Å². The maximum atomic E-state index is 12.9. The largest absolute Gasteiger partial charge is 0.453 e. The zero-order chi connectivity index (χ0) is 20.0. The van der Waals surface area contributed by atoms with Crippen LogP contribution >= 0.6 is 0 Å². The summed E-state index contributed by atoms with van der Waals surface area (Å²) < 4.78 is 6.22. The molecule has 0 saturated carbocycles. The molecular weight excluding hydrogens is 366 g/mol. The van der Waals surface area contributed by atoms with Gasteiger partial charge in [0.2, 0.25) is 0 Å². The lowest BCUT2D eigenvalue weighted by Crippen LogP contribution is -2.42. The summed E-state index contributed by atoms with van der Waals surface area (Å²) in [5.41, 5.74) is 2.73. The number of nitrogens with zero attached hydrogens (tertiary/aromatic N) is 3. The van der Waals surface area contributed by atoms with Crippen LogP contribution in [0.3, 0.4) is 0 Å². The quantitative estimate of drug-likeness (QED) is 0.849. The molecule has 0 radical (unpaired) electrons. The van der Waals surface area contributed by atoms with Crippen LogP contribution in [0.4, 0.5) is 11.4 Å². The molecule has 0 aliphatic carbocycles. The summed E-state index contributed by atoms with van der Waals surface area (Å²) in [6.45, 7) is 3.16. The van der Waals surface area contributed by atoms with Crippen molar-refractivity contribution in [2.75, 3.05) is 38.1 Å². The van der Waals surface area contributed by atoms with Crippen molar-refractivity contribution >= 4 is 17.3 Å². The molecule has 0 bridgehead atoms. The number of para-hydroxylation sites is 2. The lowest BCUT2D eigenvalue weighted by atomic mass is 9.99. The van der Waals surface area contributed by atoms with Crippen molar-refractivity contribution in [3.8, 4) is 11.5 Å². The summed E-state index contributed by atoms with van der Waals surface area (Å²) in [5.74, 6) is 1.52. The highest BCUT2D eigenvalue weighted by Crippen LogP contribution is 2.49. The maximum absolute atomic E-state index is 12.9. The minimum atomic E-state index is -0.417. The molecule has 1 atom stereocenters. The minimum absolute atomic E-state index is 0.0438. The fourth-order valence-electron chi connectivity index (χ4n) is 4.67. The standard InChI is InChI=1S/C23H27N3O3/c1-24-11-8-17(9-12-24)26-19-4-2-3-5-21(19)29-22-14-16(6-7-20(22)26)23(28)25-13-10-18(27)15-25/h2-7,14,17-18,27H,8-13,15H2,1H3/t18-/m0/s1. The van der Waals surface area contributed by atoms with Gasteiger partial charge in [0.1, 0.15) is 0 Å². The smallest absolute Gasteiger partial charge is 0.254 e. The van der Waals surface area contributed by atoms with Crippen LogP contribution in [0.2, 0.25) is 0 Å². The molecule has 3 aliphatic rings. The summed E-state index contributed by atoms with van der Waals surface area (Å²) in [5, 5.41) is 9.77. The van der Waals surface area contributed by atoms with E-state index in [4.69, 9.17) is 4.74 Å². The average Bonchev–Trinajstić information content (AvgIpc) is 3.18. The number of carbonyl (C=O) groups is 1. The van der Waals surface area contributed by atoms with E-state index in [1.807, 2.05) is 36.4 Å². The number of hydrogen-bond acceptors (Lipinski definition) is 5. The van der Waals surface area contributed by atoms with Crippen LogP contribution in [0.5, 0.6) is 11.5 Å². The zero-order valence-electron chi connectivity index (χ0n) is 16.8. The highest BCUT2D eigenvalue weighted by molar-refractivity contribution is 5.96. The van der Waals surface area contributed by atoms with Crippen LogP contribution < -0.4 is 9.64 Å². The Bertz CT molecular complexity index is 923. The molecule has 6 nitrogen and oxygen atoms in total. The fourth-order valence-corrected chi connectivity index (χ4v) is 4.67. The third kappa shape index (κ3) is 3.36.